The first-order valence-electron chi connectivity index (χ1n) is 8.46. The van der Waals surface area contributed by atoms with Gasteiger partial charge < -0.3 is 9.14 Å². The van der Waals surface area contributed by atoms with Crippen LogP contribution in [0.5, 0.6) is 0 Å². The summed E-state index contributed by atoms with van der Waals surface area (Å²) < 4.78 is 9.84. The molecule has 4 heterocycles. The van der Waals surface area contributed by atoms with Crippen LogP contribution in [-0.2, 0) is 24.8 Å². The Labute approximate surface area is 141 Å². The van der Waals surface area contributed by atoms with Crippen molar-refractivity contribution in [2.24, 2.45) is 13.0 Å². The van der Waals surface area contributed by atoms with Crippen LogP contribution in [0.1, 0.15) is 11.3 Å². The van der Waals surface area contributed by atoms with Crippen molar-refractivity contribution >= 4 is 5.52 Å². The molecule has 0 N–H and O–H groups in total. The second kappa shape index (κ2) is 6.75. The van der Waals surface area contributed by atoms with Gasteiger partial charge in [0.1, 0.15) is 0 Å². The van der Waals surface area contributed by atoms with E-state index in [-0.39, 0.29) is 0 Å². The van der Waals surface area contributed by atoms with Crippen molar-refractivity contribution in [2.75, 3.05) is 26.3 Å². The molecule has 3 aromatic rings. The summed E-state index contributed by atoms with van der Waals surface area (Å²) in [5.74, 6) is 0.456. The van der Waals surface area contributed by atoms with Crippen LogP contribution in [0.15, 0.2) is 43.1 Å². The van der Waals surface area contributed by atoms with Crippen LogP contribution >= 0.6 is 0 Å². The summed E-state index contributed by atoms with van der Waals surface area (Å²) in [6, 6.07) is 4.20. The molecule has 0 unspecified atom stereocenters. The first kappa shape index (κ1) is 15.4. The molecule has 1 atom stereocenters. The van der Waals surface area contributed by atoms with Crippen molar-refractivity contribution < 1.29 is 4.74 Å². The normalized spacial score (nSPS) is 19.6. The SMILES string of the molecule is Cn1cc(CN2CCOC[C@H](Cc3nccn4cccc34)C2)cn1. The Bertz CT molecular complexity index is 808. The molecule has 24 heavy (non-hydrogen) atoms. The predicted octanol–water partition coefficient (Wildman–Crippen LogP) is 1.76. The van der Waals surface area contributed by atoms with Gasteiger partial charge in [-0.15, -0.1) is 0 Å². The molecule has 0 aromatic carbocycles. The zero-order valence-corrected chi connectivity index (χ0v) is 14.0. The fourth-order valence-electron chi connectivity index (χ4n) is 3.49. The van der Waals surface area contributed by atoms with Crippen molar-refractivity contribution in [3.8, 4) is 0 Å². The molecule has 0 spiro atoms. The number of fused-ring (bicyclic) bond motifs is 1. The summed E-state index contributed by atoms with van der Waals surface area (Å²) in [5, 5.41) is 4.27. The molecule has 0 bridgehead atoms. The van der Waals surface area contributed by atoms with Gasteiger partial charge in [0.15, 0.2) is 0 Å². The Hall–Kier alpha value is -2.18. The maximum Gasteiger partial charge on any atom is 0.0666 e. The highest BCUT2D eigenvalue weighted by atomic mass is 16.5. The van der Waals surface area contributed by atoms with Crippen LogP contribution in [0.4, 0.5) is 0 Å². The standard InChI is InChI=1S/C18H23N5O/c1-21-11-16(10-20-21)13-22-7-8-24-14-15(12-22)9-17-18-3-2-5-23(18)6-4-19-17/h2-6,10-11,15H,7-9,12-14H2,1H3/t15-/m1/s1. The summed E-state index contributed by atoms with van der Waals surface area (Å²) >= 11 is 0. The van der Waals surface area contributed by atoms with Crippen LogP contribution in [0.25, 0.3) is 5.52 Å². The molecule has 1 aliphatic rings. The van der Waals surface area contributed by atoms with Gasteiger partial charge in [0.25, 0.3) is 0 Å². The summed E-state index contributed by atoms with van der Waals surface area (Å²) in [4.78, 5) is 7.07. The molecule has 1 aliphatic heterocycles. The van der Waals surface area contributed by atoms with E-state index < -0.39 is 0 Å². The van der Waals surface area contributed by atoms with Crippen molar-refractivity contribution in [1.29, 1.82) is 0 Å². The first-order valence-corrected chi connectivity index (χ1v) is 8.46. The molecule has 1 saturated heterocycles. The molecule has 126 valence electrons. The Morgan fingerprint density at radius 2 is 2.29 bits per heavy atom. The number of rotatable bonds is 4. The molecular formula is C18H23N5O. The maximum atomic E-state index is 5.85. The van der Waals surface area contributed by atoms with Crippen molar-refractivity contribution in [3.05, 3.63) is 54.4 Å². The Morgan fingerprint density at radius 1 is 1.33 bits per heavy atom. The fraction of sp³-hybridized carbons (Fsp3) is 0.444. The molecule has 6 heteroatoms. The van der Waals surface area contributed by atoms with Gasteiger partial charge in [0, 0.05) is 63.0 Å². The van der Waals surface area contributed by atoms with Gasteiger partial charge >= 0.3 is 0 Å². The number of nitrogens with zero attached hydrogens (tertiary/aromatic N) is 5. The van der Waals surface area contributed by atoms with E-state index in [4.69, 9.17) is 4.74 Å². The molecule has 0 amide bonds. The lowest BCUT2D eigenvalue weighted by molar-refractivity contribution is 0.121. The van der Waals surface area contributed by atoms with E-state index in [1.54, 1.807) is 0 Å². The minimum Gasteiger partial charge on any atom is -0.380 e. The third-order valence-electron chi connectivity index (χ3n) is 4.60. The van der Waals surface area contributed by atoms with Gasteiger partial charge in [0.2, 0.25) is 0 Å². The highest BCUT2D eigenvalue weighted by molar-refractivity contribution is 5.52. The monoisotopic (exact) mass is 325 g/mol. The summed E-state index contributed by atoms with van der Waals surface area (Å²) in [6.45, 7) is 4.51. The Balaban J connectivity index is 1.47. The van der Waals surface area contributed by atoms with Crippen LogP contribution < -0.4 is 0 Å². The molecule has 0 aliphatic carbocycles. The van der Waals surface area contributed by atoms with Gasteiger partial charge in [-0.3, -0.25) is 14.6 Å². The largest absolute Gasteiger partial charge is 0.380 e. The molecule has 0 radical (unpaired) electrons. The van der Waals surface area contributed by atoms with Gasteiger partial charge in [-0.05, 0) is 18.6 Å². The zero-order valence-electron chi connectivity index (χ0n) is 14.0. The topological polar surface area (TPSA) is 47.6 Å². The van der Waals surface area contributed by atoms with Crippen LogP contribution in [0.2, 0.25) is 0 Å². The average Bonchev–Trinajstić information content (AvgIpc) is 3.15. The van der Waals surface area contributed by atoms with E-state index in [0.29, 0.717) is 5.92 Å². The van der Waals surface area contributed by atoms with Crippen molar-refractivity contribution in [1.82, 2.24) is 24.1 Å². The van der Waals surface area contributed by atoms with Crippen LogP contribution in [0.3, 0.4) is 0 Å². The second-order valence-electron chi connectivity index (χ2n) is 6.58. The minimum absolute atomic E-state index is 0.456. The summed E-state index contributed by atoms with van der Waals surface area (Å²) in [7, 11) is 1.96. The average molecular weight is 325 g/mol. The highest BCUT2D eigenvalue weighted by Crippen LogP contribution is 2.18. The number of hydrogen-bond donors (Lipinski definition) is 0. The molecule has 4 rings (SSSR count). The Morgan fingerprint density at radius 3 is 3.17 bits per heavy atom. The minimum atomic E-state index is 0.456. The number of hydrogen-bond acceptors (Lipinski definition) is 4. The van der Waals surface area contributed by atoms with Gasteiger partial charge in [-0.25, -0.2) is 0 Å². The van der Waals surface area contributed by atoms with Crippen molar-refractivity contribution in [3.63, 3.8) is 0 Å². The quantitative estimate of drug-likeness (QED) is 0.733. The number of aromatic nitrogens is 4. The molecule has 3 aromatic heterocycles. The lowest BCUT2D eigenvalue weighted by Crippen LogP contribution is -2.30. The number of aryl methyl sites for hydroxylation is 1. The van der Waals surface area contributed by atoms with Gasteiger partial charge in [0.05, 0.1) is 30.6 Å². The van der Waals surface area contributed by atoms with Gasteiger partial charge in [-0.2, -0.15) is 5.10 Å². The lowest BCUT2D eigenvalue weighted by atomic mass is 10.0. The van der Waals surface area contributed by atoms with Gasteiger partial charge in [-0.1, -0.05) is 0 Å². The molecular weight excluding hydrogens is 302 g/mol. The maximum absolute atomic E-state index is 5.85. The third kappa shape index (κ3) is 3.34. The van der Waals surface area contributed by atoms with E-state index >= 15 is 0 Å². The predicted molar refractivity (Wildman–Crippen MR) is 91.7 cm³/mol. The van der Waals surface area contributed by atoms with E-state index in [1.165, 1.54) is 11.1 Å². The smallest absolute Gasteiger partial charge is 0.0666 e. The summed E-state index contributed by atoms with van der Waals surface area (Å²) in [5.41, 5.74) is 3.60. The van der Waals surface area contributed by atoms with E-state index in [9.17, 15) is 0 Å². The van der Waals surface area contributed by atoms with E-state index in [1.807, 2.05) is 30.3 Å². The second-order valence-corrected chi connectivity index (χ2v) is 6.58. The third-order valence-corrected chi connectivity index (χ3v) is 4.60. The first-order chi connectivity index (χ1) is 11.8. The van der Waals surface area contributed by atoms with Crippen LogP contribution in [0, 0.1) is 5.92 Å². The fourth-order valence-corrected chi connectivity index (χ4v) is 3.49. The van der Waals surface area contributed by atoms with E-state index in [0.717, 1.165) is 45.0 Å². The van der Waals surface area contributed by atoms with Crippen molar-refractivity contribution in [2.45, 2.75) is 13.0 Å². The van der Waals surface area contributed by atoms with E-state index in [2.05, 4.69) is 43.9 Å². The lowest BCUT2D eigenvalue weighted by Gasteiger charge is -2.22. The molecule has 0 saturated carbocycles. The summed E-state index contributed by atoms with van der Waals surface area (Å²) in [6.07, 6.45) is 10.9. The molecule has 1 fully saturated rings. The Kier molecular flexibility index (Phi) is 4.32. The molecule has 6 nitrogen and oxygen atoms in total. The zero-order chi connectivity index (χ0) is 16.4. The van der Waals surface area contributed by atoms with Crippen LogP contribution in [-0.4, -0.2) is 50.4 Å². The highest BCUT2D eigenvalue weighted by Gasteiger charge is 2.21. The number of ether oxygens (including phenoxy) is 1.